The standard InChI is InChI=1S/C17H26N2O/c1-2-14-7-9-15(10-8-14)19-16(20)17(13-18)11-5-3-4-6-12-17/h7-10H,2-6,11-13,18H2,1H3,(H,19,20). The molecule has 1 saturated carbocycles. The van der Waals surface area contributed by atoms with Gasteiger partial charge in [-0.2, -0.15) is 0 Å². The molecule has 20 heavy (non-hydrogen) atoms. The predicted octanol–water partition coefficient (Wildman–Crippen LogP) is 3.49. The molecule has 0 spiro atoms. The number of carbonyl (C=O) groups excluding carboxylic acids is 1. The molecule has 0 unspecified atom stereocenters. The Hall–Kier alpha value is -1.35. The van der Waals surface area contributed by atoms with Crippen LogP contribution >= 0.6 is 0 Å². The predicted molar refractivity (Wildman–Crippen MR) is 83.6 cm³/mol. The van der Waals surface area contributed by atoms with Crippen molar-refractivity contribution in [2.75, 3.05) is 11.9 Å². The first kappa shape index (κ1) is 15.0. The lowest BCUT2D eigenvalue weighted by molar-refractivity contribution is -0.125. The van der Waals surface area contributed by atoms with Crippen LogP contribution in [-0.2, 0) is 11.2 Å². The van der Waals surface area contributed by atoms with Crippen LogP contribution in [0.2, 0.25) is 0 Å². The molecular weight excluding hydrogens is 248 g/mol. The van der Waals surface area contributed by atoms with Gasteiger partial charge in [-0.3, -0.25) is 4.79 Å². The van der Waals surface area contributed by atoms with Crippen molar-refractivity contribution in [2.45, 2.75) is 51.9 Å². The third-order valence-corrected chi connectivity index (χ3v) is 4.55. The van der Waals surface area contributed by atoms with Gasteiger partial charge >= 0.3 is 0 Å². The average Bonchev–Trinajstić information content (AvgIpc) is 2.74. The SMILES string of the molecule is CCc1ccc(NC(=O)C2(CN)CCCCCC2)cc1. The summed E-state index contributed by atoms with van der Waals surface area (Å²) < 4.78 is 0. The third-order valence-electron chi connectivity index (χ3n) is 4.55. The van der Waals surface area contributed by atoms with Crippen LogP contribution in [0.1, 0.15) is 51.0 Å². The van der Waals surface area contributed by atoms with Crippen LogP contribution in [0.15, 0.2) is 24.3 Å². The molecule has 0 aromatic heterocycles. The summed E-state index contributed by atoms with van der Waals surface area (Å²) >= 11 is 0. The van der Waals surface area contributed by atoms with E-state index in [-0.39, 0.29) is 11.3 Å². The summed E-state index contributed by atoms with van der Waals surface area (Å²) in [6.45, 7) is 2.58. The van der Waals surface area contributed by atoms with E-state index in [0.29, 0.717) is 6.54 Å². The van der Waals surface area contributed by atoms with E-state index in [1.165, 1.54) is 18.4 Å². The maximum absolute atomic E-state index is 12.6. The molecule has 1 aromatic carbocycles. The quantitative estimate of drug-likeness (QED) is 0.826. The molecule has 3 nitrogen and oxygen atoms in total. The van der Waals surface area contributed by atoms with E-state index < -0.39 is 0 Å². The molecule has 0 radical (unpaired) electrons. The first-order valence-corrected chi connectivity index (χ1v) is 7.81. The Bertz CT molecular complexity index is 431. The molecule has 1 aromatic rings. The Morgan fingerprint density at radius 3 is 2.25 bits per heavy atom. The van der Waals surface area contributed by atoms with Gasteiger partial charge in [-0.15, -0.1) is 0 Å². The van der Waals surface area contributed by atoms with E-state index in [1.54, 1.807) is 0 Å². The van der Waals surface area contributed by atoms with E-state index in [1.807, 2.05) is 12.1 Å². The number of hydrogen-bond donors (Lipinski definition) is 2. The molecule has 0 aliphatic heterocycles. The van der Waals surface area contributed by atoms with Crippen LogP contribution in [0.3, 0.4) is 0 Å². The highest BCUT2D eigenvalue weighted by atomic mass is 16.2. The Kier molecular flexibility index (Phi) is 5.18. The number of rotatable bonds is 4. The summed E-state index contributed by atoms with van der Waals surface area (Å²) in [6, 6.07) is 8.10. The minimum atomic E-state index is -0.361. The zero-order chi connectivity index (χ0) is 14.4. The van der Waals surface area contributed by atoms with E-state index >= 15 is 0 Å². The van der Waals surface area contributed by atoms with Gasteiger partial charge in [-0.25, -0.2) is 0 Å². The van der Waals surface area contributed by atoms with Gasteiger partial charge in [-0.1, -0.05) is 44.7 Å². The molecule has 0 bridgehead atoms. The van der Waals surface area contributed by atoms with E-state index in [9.17, 15) is 4.79 Å². The molecule has 1 amide bonds. The second kappa shape index (κ2) is 6.89. The van der Waals surface area contributed by atoms with Gasteiger partial charge in [0, 0.05) is 12.2 Å². The maximum atomic E-state index is 12.6. The summed E-state index contributed by atoms with van der Waals surface area (Å²) in [4.78, 5) is 12.6. The largest absolute Gasteiger partial charge is 0.329 e. The lowest BCUT2D eigenvalue weighted by Gasteiger charge is -2.29. The number of carbonyl (C=O) groups is 1. The fourth-order valence-corrected chi connectivity index (χ4v) is 3.02. The topological polar surface area (TPSA) is 55.1 Å². The van der Waals surface area contributed by atoms with Crippen molar-refractivity contribution in [3.8, 4) is 0 Å². The second-order valence-corrected chi connectivity index (χ2v) is 5.90. The summed E-state index contributed by atoms with van der Waals surface area (Å²) in [5, 5.41) is 3.06. The number of hydrogen-bond acceptors (Lipinski definition) is 2. The fraction of sp³-hybridized carbons (Fsp3) is 0.588. The van der Waals surface area contributed by atoms with Crippen LogP contribution in [-0.4, -0.2) is 12.5 Å². The van der Waals surface area contributed by atoms with Gasteiger partial charge in [0.15, 0.2) is 0 Å². The number of benzene rings is 1. The van der Waals surface area contributed by atoms with Crippen molar-refractivity contribution in [3.05, 3.63) is 29.8 Å². The number of nitrogens with one attached hydrogen (secondary N) is 1. The van der Waals surface area contributed by atoms with E-state index in [4.69, 9.17) is 5.73 Å². The van der Waals surface area contributed by atoms with Crippen molar-refractivity contribution in [3.63, 3.8) is 0 Å². The molecule has 0 heterocycles. The Morgan fingerprint density at radius 1 is 1.15 bits per heavy atom. The summed E-state index contributed by atoms with van der Waals surface area (Å²) in [5.41, 5.74) is 7.75. The lowest BCUT2D eigenvalue weighted by Crippen LogP contribution is -2.42. The number of anilines is 1. The molecule has 3 heteroatoms. The number of aryl methyl sites for hydroxylation is 1. The van der Waals surface area contributed by atoms with Crippen molar-refractivity contribution >= 4 is 11.6 Å². The normalized spacial score (nSPS) is 18.3. The van der Waals surface area contributed by atoms with Crippen LogP contribution in [0.4, 0.5) is 5.69 Å². The van der Waals surface area contributed by atoms with Crippen LogP contribution < -0.4 is 11.1 Å². The molecule has 110 valence electrons. The van der Waals surface area contributed by atoms with E-state index in [2.05, 4.69) is 24.4 Å². The molecule has 0 atom stereocenters. The number of amides is 1. The molecular formula is C17H26N2O. The van der Waals surface area contributed by atoms with Crippen molar-refractivity contribution in [1.29, 1.82) is 0 Å². The summed E-state index contributed by atoms with van der Waals surface area (Å²) in [7, 11) is 0. The first-order chi connectivity index (χ1) is 9.70. The van der Waals surface area contributed by atoms with Gasteiger partial charge in [-0.05, 0) is 37.0 Å². The van der Waals surface area contributed by atoms with Gasteiger partial charge in [0.25, 0.3) is 0 Å². The Balaban J connectivity index is 2.07. The summed E-state index contributed by atoms with van der Waals surface area (Å²) in [5.74, 6) is 0.103. The highest BCUT2D eigenvalue weighted by Gasteiger charge is 2.37. The van der Waals surface area contributed by atoms with Gasteiger partial charge in [0.1, 0.15) is 0 Å². The third kappa shape index (κ3) is 3.40. The lowest BCUT2D eigenvalue weighted by atomic mass is 9.79. The summed E-state index contributed by atoms with van der Waals surface area (Å²) in [6.07, 6.45) is 7.52. The zero-order valence-corrected chi connectivity index (χ0v) is 12.5. The maximum Gasteiger partial charge on any atom is 0.231 e. The van der Waals surface area contributed by atoms with Crippen molar-refractivity contribution in [2.24, 2.45) is 11.1 Å². The van der Waals surface area contributed by atoms with Crippen molar-refractivity contribution in [1.82, 2.24) is 0 Å². The average molecular weight is 274 g/mol. The van der Waals surface area contributed by atoms with Crippen molar-refractivity contribution < 1.29 is 4.79 Å². The van der Waals surface area contributed by atoms with Crippen LogP contribution in [0.25, 0.3) is 0 Å². The smallest absolute Gasteiger partial charge is 0.231 e. The number of nitrogens with two attached hydrogens (primary N) is 1. The van der Waals surface area contributed by atoms with Gasteiger partial charge < -0.3 is 11.1 Å². The highest BCUT2D eigenvalue weighted by molar-refractivity contribution is 5.95. The fourth-order valence-electron chi connectivity index (χ4n) is 3.02. The first-order valence-electron chi connectivity index (χ1n) is 7.81. The zero-order valence-electron chi connectivity index (χ0n) is 12.5. The Morgan fingerprint density at radius 2 is 1.75 bits per heavy atom. The minimum absolute atomic E-state index is 0.103. The molecule has 2 rings (SSSR count). The second-order valence-electron chi connectivity index (χ2n) is 5.90. The molecule has 1 fully saturated rings. The Labute approximate surface area is 121 Å². The molecule has 1 aliphatic rings. The molecule has 0 saturated heterocycles. The molecule has 3 N–H and O–H groups in total. The molecule has 1 aliphatic carbocycles. The van der Waals surface area contributed by atoms with Crippen LogP contribution in [0.5, 0.6) is 0 Å². The highest BCUT2D eigenvalue weighted by Crippen LogP contribution is 2.35. The van der Waals surface area contributed by atoms with E-state index in [0.717, 1.165) is 37.8 Å². The van der Waals surface area contributed by atoms with Gasteiger partial charge in [0.05, 0.1) is 5.41 Å². The van der Waals surface area contributed by atoms with Crippen LogP contribution in [0, 0.1) is 5.41 Å². The monoisotopic (exact) mass is 274 g/mol. The van der Waals surface area contributed by atoms with Gasteiger partial charge in [0.2, 0.25) is 5.91 Å². The minimum Gasteiger partial charge on any atom is -0.329 e.